The van der Waals surface area contributed by atoms with Crippen LogP contribution in [0.4, 0.5) is 0 Å². The third-order valence-corrected chi connectivity index (χ3v) is 15.9. The zero-order valence-corrected chi connectivity index (χ0v) is 32.5. The van der Waals surface area contributed by atoms with Gasteiger partial charge in [0, 0.05) is 0 Å². The van der Waals surface area contributed by atoms with Crippen LogP contribution in [0.2, 0.25) is 0 Å². The van der Waals surface area contributed by atoms with Crippen molar-refractivity contribution in [3.8, 4) is 0 Å². The number of aliphatic hydroxyl groups excluding tert-OH is 9. The standard InChI is InChI=1S/C40H68O13/c1-20(17-41)8-7-13-40(6,53-36-34(49)32(47)31(46)27(52-36)19-51-35-33(48)30(45)26(43)18-50-35)23-12-15-39(5)29(23)25(42)16-24-21-9-10-28(44)37(2,3)22(21)11-14-38(24,39)4/h8,21-36,41-49H,7,9-19H2,1-6H3/b20-8+/t21-,22+,23+,24-,25-,26-,27-,28-,29+,30+,31-,32+,33-,34-,35-,36+,38-,39-,40+/m1/s1. The third-order valence-electron chi connectivity index (χ3n) is 15.9. The van der Waals surface area contributed by atoms with Crippen molar-refractivity contribution in [3.63, 3.8) is 0 Å². The molecule has 0 bridgehead atoms. The van der Waals surface area contributed by atoms with Gasteiger partial charge < -0.3 is 64.9 Å². The van der Waals surface area contributed by atoms with Gasteiger partial charge in [-0.05, 0) is 117 Å². The first-order valence-corrected chi connectivity index (χ1v) is 20.1. The lowest BCUT2D eigenvalue weighted by Crippen LogP contribution is -2.64. The Kier molecular flexibility index (Phi) is 12.3. The first-order chi connectivity index (χ1) is 24.8. The molecule has 2 saturated heterocycles. The molecule has 2 heterocycles. The lowest BCUT2D eigenvalue weighted by Gasteiger charge is -2.67. The molecule has 0 aromatic rings. The Morgan fingerprint density at radius 2 is 1.47 bits per heavy atom. The van der Waals surface area contributed by atoms with E-state index in [9.17, 15) is 46.0 Å². The van der Waals surface area contributed by atoms with Crippen LogP contribution < -0.4 is 0 Å². The van der Waals surface area contributed by atoms with Crippen LogP contribution in [0, 0.1) is 45.8 Å². The largest absolute Gasteiger partial charge is 0.393 e. The average Bonchev–Trinajstić information content (AvgIpc) is 3.50. The van der Waals surface area contributed by atoms with Crippen LogP contribution >= 0.6 is 0 Å². The van der Waals surface area contributed by atoms with Gasteiger partial charge in [-0.3, -0.25) is 0 Å². The maximum atomic E-state index is 12.3. The van der Waals surface area contributed by atoms with Crippen molar-refractivity contribution >= 4 is 0 Å². The summed E-state index contributed by atoms with van der Waals surface area (Å²) < 4.78 is 24.0. The predicted octanol–water partition coefficient (Wildman–Crippen LogP) is 1.37. The Labute approximate surface area is 314 Å². The molecule has 9 N–H and O–H groups in total. The van der Waals surface area contributed by atoms with E-state index in [2.05, 4.69) is 27.7 Å². The average molecular weight is 757 g/mol. The molecular formula is C40H68O13. The minimum Gasteiger partial charge on any atom is -0.393 e. The van der Waals surface area contributed by atoms with Gasteiger partial charge in [-0.1, -0.05) is 39.3 Å². The summed E-state index contributed by atoms with van der Waals surface area (Å²) in [5.41, 5.74) is -0.604. The first kappa shape index (κ1) is 41.8. The van der Waals surface area contributed by atoms with Gasteiger partial charge >= 0.3 is 0 Å². The monoisotopic (exact) mass is 756 g/mol. The van der Waals surface area contributed by atoms with Crippen LogP contribution in [-0.2, 0) is 18.9 Å². The first-order valence-electron chi connectivity index (χ1n) is 20.1. The smallest absolute Gasteiger partial charge is 0.187 e. The number of ether oxygens (including phenoxy) is 4. The molecule has 19 atom stereocenters. The second-order valence-electron chi connectivity index (χ2n) is 18.9. The maximum absolute atomic E-state index is 12.3. The van der Waals surface area contributed by atoms with E-state index in [0.29, 0.717) is 37.0 Å². The lowest BCUT2D eigenvalue weighted by molar-refractivity contribution is -0.345. The van der Waals surface area contributed by atoms with Gasteiger partial charge in [0.25, 0.3) is 0 Å². The topological polar surface area (TPSA) is 219 Å². The molecule has 0 spiro atoms. The number of hydrogen-bond donors (Lipinski definition) is 9. The molecular weight excluding hydrogens is 688 g/mol. The number of aliphatic hydroxyl groups is 9. The molecule has 0 radical (unpaired) electrons. The minimum atomic E-state index is -1.66. The van der Waals surface area contributed by atoms with E-state index in [0.717, 1.165) is 44.1 Å². The fourth-order valence-corrected chi connectivity index (χ4v) is 12.3. The molecule has 4 aliphatic carbocycles. The molecule has 0 unspecified atom stereocenters. The van der Waals surface area contributed by atoms with Crippen LogP contribution in [0.5, 0.6) is 0 Å². The van der Waals surface area contributed by atoms with E-state index in [1.54, 1.807) is 0 Å². The minimum absolute atomic E-state index is 0.0432. The van der Waals surface area contributed by atoms with Crippen molar-refractivity contribution in [1.82, 2.24) is 0 Å². The highest BCUT2D eigenvalue weighted by atomic mass is 16.7. The van der Waals surface area contributed by atoms with Crippen molar-refractivity contribution < 1.29 is 64.9 Å². The van der Waals surface area contributed by atoms with Gasteiger partial charge in [0.2, 0.25) is 0 Å². The van der Waals surface area contributed by atoms with E-state index in [1.807, 2.05) is 19.9 Å². The van der Waals surface area contributed by atoms with Gasteiger partial charge in [0.05, 0.1) is 37.6 Å². The van der Waals surface area contributed by atoms with Crippen molar-refractivity contribution in [2.24, 2.45) is 45.8 Å². The van der Waals surface area contributed by atoms with Crippen LogP contribution in [0.25, 0.3) is 0 Å². The van der Waals surface area contributed by atoms with Gasteiger partial charge in [0.15, 0.2) is 12.6 Å². The Morgan fingerprint density at radius 1 is 0.792 bits per heavy atom. The Morgan fingerprint density at radius 3 is 2.17 bits per heavy atom. The highest BCUT2D eigenvalue weighted by Crippen LogP contribution is 2.73. The molecule has 306 valence electrons. The van der Waals surface area contributed by atoms with E-state index in [1.165, 1.54) is 0 Å². The van der Waals surface area contributed by atoms with Crippen molar-refractivity contribution in [2.45, 2.75) is 172 Å². The molecule has 4 saturated carbocycles. The highest BCUT2D eigenvalue weighted by molar-refractivity contribution is 5.18. The van der Waals surface area contributed by atoms with E-state index in [4.69, 9.17) is 18.9 Å². The van der Waals surface area contributed by atoms with Crippen LogP contribution in [0.15, 0.2) is 11.6 Å². The Bertz CT molecular complexity index is 1300. The van der Waals surface area contributed by atoms with Gasteiger partial charge in [-0.2, -0.15) is 0 Å². The molecule has 0 aromatic heterocycles. The molecule has 0 aromatic carbocycles. The van der Waals surface area contributed by atoms with E-state index < -0.39 is 67.0 Å². The second-order valence-corrected chi connectivity index (χ2v) is 18.9. The third kappa shape index (κ3) is 7.21. The molecule has 2 aliphatic heterocycles. The van der Waals surface area contributed by atoms with E-state index >= 15 is 0 Å². The molecule has 6 aliphatic rings. The normalized spacial score (nSPS) is 51.2. The summed E-state index contributed by atoms with van der Waals surface area (Å²) in [6.07, 6.45) is -4.93. The van der Waals surface area contributed by atoms with E-state index in [-0.39, 0.29) is 54.0 Å². The molecule has 0 amide bonds. The summed E-state index contributed by atoms with van der Waals surface area (Å²) in [4.78, 5) is 0. The van der Waals surface area contributed by atoms with Crippen LogP contribution in [-0.4, -0.2) is 139 Å². The zero-order chi connectivity index (χ0) is 38.8. The molecule has 13 nitrogen and oxygen atoms in total. The van der Waals surface area contributed by atoms with Gasteiger partial charge in [-0.15, -0.1) is 0 Å². The lowest BCUT2D eigenvalue weighted by atomic mass is 9.39. The molecule has 6 rings (SSSR count). The Balaban J connectivity index is 1.25. The molecule has 6 fully saturated rings. The quantitative estimate of drug-likeness (QED) is 0.144. The maximum Gasteiger partial charge on any atom is 0.187 e. The van der Waals surface area contributed by atoms with Gasteiger partial charge in [-0.25, -0.2) is 0 Å². The summed E-state index contributed by atoms with van der Waals surface area (Å²) >= 11 is 0. The van der Waals surface area contributed by atoms with Crippen LogP contribution in [0.3, 0.4) is 0 Å². The number of rotatable bonds is 10. The second kappa shape index (κ2) is 15.5. The highest BCUT2D eigenvalue weighted by Gasteiger charge is 2.69. The van der Waals surface area contributed by atoms with Crippen molar-refractivity contribution in [1.29, 1.82) is 0 Å². The predicted molar refractivity (Wildman–Crippen MR) is 192 cm³/mol. The van der Waals surface area contributed by atoms with Crippen molar-refractivity contribution in [3.05, 3.63) is 11.6 Å². The summed E-state index contributed by atoms with van der Waals surface area (Å²) in [5, 5.41) is 96.4. The summed E-state index contributed by atoms with van der Waals surface area (Å²) in [6.45, 7) is 12.3. The molecule has 53 heavy (non-hydrogen) atoms. The fourth-order valence-electron chi connectivity index (χ4n) is 12.3. The molecule has 13 heteroatoms. The van der Waals surface area contributed by atoms with Gasteiger partial charge in [0.1, 0.15) is 42.7 Å². The SMILES string of the molecule is C/C(=C\CC[C@](C)(O[C@@H]1O[C@H](CO[C@H]2OC[C@@H](O)[C@H](O)[C@H]2O)[C@@H](O)[C@H](O)[C@H]1O)[C@H]1CC[C@]2(C)[C@@H]1[C@H](O)C[C@@H]1[C@@H]3CC[C@@H](O)C(C)(C)[C@H]3CC[C@]12C)CO. The number of fused-ring (bicyclic) bond motifs is 5. The number of allylic oxidation sites excluding steroid dienone is 1. The van der Waals surface area contributed by atoms with Crippen molar-refractivity contribution in [2.75, 3.05) is 19.8 Å². The van der Waals surface area contributed by atoms with Crippen LogP contribution in [0.1, 0.15) is 99.3 Å². The Hall–Kier alpha value is -0.780. The summed E-state index contributed by atoms with van der Waals surface area (Å²) in [6, 6.07) is 0. The fraction of sp³-hybridized carbons (Fsp3) is 0.950. The summed E-state index contributed by atoms with van der Waals surface area (Å²) in [7, 11) is 0. The zero-order valence-electron chi connectivity index (χ0n) is 32.5. The number of hydrogen-bond acceptors (Lipinski definition) is 13. The summed E-state index contributed by atoms with van der Waals surface area (Å²) in [5.74, 6) is 0.870.